The maximum atomic E-state index is 12.3. The van der Waals surface area contributed by atoms with Crippen LogP contribution in [0.25, 0.3) is 11.3 Å². The van der Waals surface area contributed by atoms with Gasteiger partial charge in [0.2, 0.25) is 0 Å². The maximum Gasteiger partial charge on any atom is 0.329 e. The number of nitrogens with one attached hydrogen (secondary N) is 2. The molecule has 2 heterocycles. The van der Waals surface area contributed by atoms with E-state index >= 15 is 0 Å². The molecule has 6 nitrogen and oxygen atoms in total. The van der Waals surface area contributed by atoms with Crippen LogP contribution in [-0.2, 0) is 4.79 Å². The second-order valence-corrected chi connectivity index (χ2v) is 6.66. The van der Waals surface area contributed by atoms with E-state index < -0.39 is 11.5 Å². The minimum atomic E-state index is -1.13. The van der Waals surface area contributed by atoms with Crippen LogP contribution in [0.15, 0.2) is 17.6 Å². The molecule has 2 aromatic heterocycles. The number of carbonyl (C=O) groups is 2. The standard InChI is InChI=1S/C15H17N3O3S/c1-9-17-12(8-22-9)10-6-11(16-7-10)13(19)18-15(14(20)21)4-2-3-5-15/h6-8,16H,2-5H2,1H3,(H,18,19)(H,20,21). The van der Waals surface area contributed by atoms with Crippen molar-refractivity contribution in [2.75, 3.05) is 0 Å². The Morgan fingerprint density at radius 3 is 2.73 bits per heavy atom. The van der Waals surface area contributed by atoms with Crippen LogP contribution in [0, 0.1) is 6.92 Å². The van der Waals surface area contributed by atoms with Crippen molar-refractivity contribution in [2.24, 2.45) is 0 Å². The first-order valence-electron chi connectivity index (χ1n) is 7.17. The molecule has 1 fully saturated rings. The molecule has 0 aromatic carbocycles. The zero-order valence-corrected chi connectivity index (χ0v) is 13.0. The number of aliphatic carboxylic acids is 1. The summed E-state index contributed by atoms with van der Waals surface area (Å²) in [7, 11) is 0. The molecule has 7 heteroatoms. The SMILES string of the molecule is Cc1nc(-c2c[nH]c(C(=O)NC3(C(=O)O)CCCC3)c2)cs1. The van der Waals surface area contributed by atoms with Gasteiger partial charge in [0.1, 0.15) is 11.2 Å². The number of H-pyrrole nitrogens is 1. The summed E-state index contributed by atoms with van der Waals surface area (Å²) in [5.41, 5.74) is 0.865. The van der Waals surface area contributed by atoms with Crippen molar-refractivity contribution in [3.63, 3.8) is 0 Å². The lowest BCUT2D eigenvalue weighted by Crippen LogP contribution is -2.52. The van der Waals surface area contributed by atoms with Crippen LogP contribution >= 0.6 is 11.3 Å². The molecule has 1 aliphatic carbocycles. The van der Waals surface area contributed by atoms with E-state index in [-0.39, 0.29) is 5.91 Å². The second-order valence-electron chi connectivity index (χ2n) is 5.60. The molecule has 1 amide bonds. The Labute approximate surface area is 131 Å². The number of aromatic nitrogens is 2. The molecule has 1 aliphatic rings. The quantitative estimate of drug-likeness (QED) is 0.807. The van der Waals surface area contributed by atoms with Gasteiger partial charge in [-0.15, -0.1) is 11.3 Å². The van der Waals surface area contributed by atoms with Gasteiger partial charge in [-0.2, -0.15) is 0 Å². The number of carboxylic acid groups (broad SMARTS) is 1. The van der Waals surface area contributed by atoms with E-state index in [9.17, 15) is 14.7 Å². The van der Waals surface area contributed by atoms with Crippen molar-refractivity contribution < 1.29 is 14.7 Å². The number of hydrogen-bond donors (Lipinski definition) is 3. The van der Waals surface area contributed by atoms with E-state index in [1.165, 1.54) is 0 Å². The summed E-state index contributed by atoms with van der Waals surface area (Å²) >= 11 is 1.54. The largest absolute Gasteiger partial charge is 0.480 e. The number of hydrogen-bond acceptors (Lipinski definition) is 4. The fraction of sp³-hybridized carbons (Fsp3) is 0.400. The van der Waals surface area contributed by atoms with Crippen LogP contribution < -0.4 is 5.32 Å². The van der Waals surface area contributed by atoms with E-state index in [1.807, 2.05) is 12.3 Å². The van der Waals surface area contributed by atoms with Crippen molar-refractivity contribution in [1.82, 2.24) is 15.3 Å². The zero-order valence-electron chi connectivity index (χ0n) is 12.2. The fourth-order valence-corrected chi connectivity index (χ4v) is 3.45. The minimum absolute atomic E-state index is 0.355. The third-order valence-corrected chi connectivity index (χ3v) is 4.84. The van der Waals surface area contributed by atoms with Crippen molar-refractivity contribution in [3.05, 3.63) is 28.3 Å². The highest BCUT2D eigenvalue weighted by molar-refractivity contribution is 7.09. The molecule has 0 atom stereocenters. The first-order valence-corrected chi connectivity index (χ1v) is 8.05. The molecule has 116 valence electrons. The Balaban J connectivity index is 1.78. The number of carboxylic acids is 1. The summed E-state index contributed by atoms with van der Waals surface area (Å²) < 4.78 is 0. The number of carbonyl (C=O) groups excluding carboxylic acids is 1. The fourth-order valence-electron chi connectivity index (χ4n) is 2.82. The molecule has 3 N–H and O–H groups in total. The summed E-state index contributed by atoms with van der Waals surface area (Å²) in [5, 5.41) is 15.0. The highest BCUT2D eigenvalue weighted by atomic mass is 32.1. The lowest BCUT2D eigenvalue weighted by atomic mass is 9.97. The summed E-state index contributed by atoms with van der Waals surface area (Å²) in [5.74, 6) is -1.34. The first kappa shape index (κ1) is 14.8. The lowest BCUT2D eigenvalue weighted by molar-refractivity contribution is -0.144. The highest BCUT2D eigenvalue weighted by Crippen LogP contribution is 2.30. The van der Waals surface area contributed by atoms with Gasteiger partial charge in [0, 0.05) is 17.1 Å². The van der Waals surface area contributed by atoms with Gasteiger partial charge in [-0.3, -0.25) is 4.79 Å². The average molecular weight is 319 g/mol. The molecule has 0 bridgehead atoms. The number of aromatic amines is 1. The van der Waals surface area contributed by atoms with Crippen LogP contribution in [0.5, 0.6) is 0 Å². The minimum Gasteiger partial charge on any atom is -0.480 e. The molecule has 3 rings (SSSR count). The van der Waals surface area contributed by atoms with Gasteiger partial charge in [0.25, 0.3) is 5.91 Å². The van der Waals surface area contributed by atoms with Gasteiger partial charge in [-0.05, 0) is 25.8 Å². The number of rotatable bonds is 4. The molecule has 0 spiro atoms. The van der Waals surface area contributed by atoms with Crippen LogP contribution in [0.2, 0.25) is 0 Å². The van der Waals surface area contributed by atoms with Crippen LogP contribution in [0.4, 0.5) is 0 Å². The van der Waals surface area contributed by atoms with Crippen LogP contribution in [0.3, 0.4) is 0 Å². The van der Waals surface area contributed by atoms with E-state index in [4.69, 9.17) is 0 Å². The smallest absolute Gasteiger partial charge is 0.329 e. The lowest BCUT2D eigenvalue weighted by Gasteiger charge is -2.24. The molecule has 0 saturated heterocycles. The Morgan fingerprint density at radius 2 is 2.14 bits per heavy atom. The van der Waals surface area contributed by atoms with Crippen molar-refractivity contribution >= 4 is 23.2 Å². The second kappa shape index (κ2) is 5.57. The summed E-state index contributed by atoms with van der Waals surface area (Å²) in [6.45, 7) is 1.92. The molecule has 1 saturated carbocycles. The first-order chi connectivity index (χ1) is 10.5. The molecular weight excluding hydrogens is 302 g/mol. The van der Waals surface area contributed by atoms with Gasteiger partial charge in [0.05, 0.1) is 10.7 Å². The number of aryl methyl sites for hydroxylation is 1. The van der Waals surface area contributed by atoms with Gasteiger partial charge in [0.15, 0.2) is 0 Å². The summed E-state index contributed by atoms with van der Waals surface area (Å²) in [4.78, 5) is 31.1. The third kappa shape index (κ3) is 2.64. The number of thiazole rings is 1. The van der Waals surface area contributed by atoms with Crippen LogP contribution in [-0.4, -0.2) is 32.5 Å². The normalized spacial score (nSPS) is 16.6. The Kier molecular flexibility index (Phi) is 3.74. The third-order valence-electron chi connectivity index (χ3n) is 4.06. The Bertz CT molecular complexity index is 713. The van der Waals surface area contributed by atoms with E-state index in [0.29, 0.717) is 18.5 Å². The van der Waals surface area contributed by atoms with Gasteiger partial charge in [-0.25, -0.2) is 9.78 Å². The van der Waals surface area contributed by atoms with E-state index in [2.05, 4.69) is 15.3 Å². The van der Waals surface area contributed by atoms with Gasteiger partial charge < -0.3 is 15.4 Å². The summed E-state index contributed by atoms with van der Waals surface area (Å²) in [6.07, 6.45) is 4.31. The molecule has 2 aromatic rings. The molecule has 0 unspecified atom stereocenters. The highest BCUT2D eigenvalue weighted by Gasteiger charge is 2.42. The Morgan fingerprint density at radius 1 is 1.41 bits per heavy atom. The van der Waals surface area contributed by atoms with Gasteiger partial charge >= 0.3 is 5.97 Å². The summed E-state index contributed by atoms with van der Waals surface area (Å²) in [6, 6.07) is 1.70. The maximum absolute atomic E-state index is 12.3. The van der Waals surface area contributed by atoms with Crippen molar-refractivity contribution in [3.8, 4) is 11.3 Å². The average Bonchev–Trinajstić information content (AvgIpc) is 3.17. The van der Waals surface area contributed by atoms with Crippen molar-refractivity contribution in [1.29, 1.82) is 0 Å². The van der Waals surface area contributed by atoms with Gasteiger partial charge in [-0.1, -0.05) is 12.8 Å². The predicted molar refractivity (Wildman–Crippen MR) is 82.9 cm³/mol. The van der Waals surface area contributed by atoms with E-state index in [1.54, 1.807) is 23.6 Å². The Hall–Kier alpha value is -2.15. The van der Waals surface area contributed by atoms with E-state index in [0.717, 1.165) is 29.1 Å². The monoisotopic (exact) mass is 319 g/mol. The number of amides is 1. The zero-order chi connectivity index (χ0) is 15.7. The topological polar surface area (TPSA) is 95.1 Å². The van der Waals surface area contributed by atoms with Crippen LogP contribution in [0.1, 0.15) is 41.2 Å². The van der Waals surface area contributed by atoms with Crippen molar-refractivity contribution in [2.45, 2.75) is 38.1 Å². The predicted octanol–water partition coefficient (Wildman–Crippen LogP) is 2.57. The molecule has 0 aliphatic heterocycles. The molecule has 22 heavy (non-hydrogen) atoms. The molecule has 0 radical (unpaired) electrons. The molecular formula is C15H17N3O3S. The number of nitrogens with zero attached hydrogens (tertiary/aromatic N) is 1.